The molecule has 4 N–H and O–H groups in total. The Hall–Kier alpha value is 1.37. The summed E-state index contributed by atoms with van der Waals surface area (Å²) in [6.45, 7) is 0. The van der Waals surface area contributed by atoms with Crippen LogP contribution >= 0.6 is 0 Å². The van der Waals surface area contributed by atoms with Crippen LogP contribution in [-0.4, -0.2) is 156 Å². The van der Waals surface area contributed by atoms with Gasteiger partial charge < -0.3 is 10.2 Å². The van der Waals surface area contributed by atoms with Crippen molar-refractivity contribution in [3.05, 3.63) is 22.4 Å². The Morgan fingerprint density at radius 1 is 1.08 bits per heavy atom. The summed E-state index contributed by atoms with van der Waals surface area (Å²) in [6.07, 6.45) is -0.604. The molecule has 1 rings (SSSR count). The molecule has 0 amide bonds. The van der Waals surface area contributed by atoms with Gasteiger partial charge in [-0.25, -0.2) is 13.6 Å². The van der Waals surface area contributed by atoms with Gasteiger partial charge in [-0.2, -0.15) is 16.8 Å². The molecule has 2 atom stereocenters. The van der Waals surface area contributed by atoms with Gasteiger partial charge in [0.05, 0.1) is 5.57 Å². The molecule has 0 heterocycles. The Morgan fingerprint density at radius 2 is 1.50 bits per heavy atom. The zero-order chi connectivity index (χ0) is 17.7. The first-order valence-corrected chi connectivity index (χ1v) is 7.75. The Labute approximate surface area is 218 Å². The number of carboxylic acid groups (broad SMARTS) is 2. The van der Waals surface area contributed by atoms with Crippen molar-refractivity contribution >= 4 is 135 Å². The van der Waals surface area contributed by atoms with Crippen LogP contribution in [0.4, 0.5) is 8.78 Å². The Kier molecular flexibility index (Phi) is 10.4. The minimum atomic E-state index is -6.07. The van der Waals surface area contributed by atoms with Gasteiger partial charge in [-0.3, -0.25) is 13.9 Å². The van der Waals surface area contributed by atoms with E-state index in [-0.39, 0.29) is 103 Å². The van der Waals surface area contributed by atoms with Crippen LogP contribution in [0, 0.1) is 5.92 Å². The van der Waals surface area contributed by atoms with Gasteiger partial charge in [-0.05, 0) is 6.08 Å². The summed E-state index contributed by atoms with van der Waals surface area (Å²) >= 11 is 0. The Balaban J connectivity index is 0. The van der Waals surface area contributed by atoms with E-state index in [2.05, 4.69) is 0 Å². The topological polar surface area (TPSA) is 183 Å². The summed E-state index contributed by atoms with van der Waals surface area (Å²) in [5, 5.41) is 12.8. The fraction of sp³-hybridized carbons (Fsp3) is 0.250. The van der Waals surface area contributed by atoms with Crippen LogP contribution in [0.15, 0.2) is 22.4 Å². The molecule has 1 aliphatic rings. The van der Waals surface area contributed by atoms with Crippen molar-refractivity contribution in [2.24, 2.45) is 5.92 Å². The van der Waals surface area contributed by atoms with E-state index in [0.29, 0.717) is 0 Å². The van der Waals surface area contributed by atoms with E-state index in [9.17, 15) is 35.2 Å². The molecule has 0 saturated carbocycles. The van der Waals surface area contributed by atoms with E-state index < -0.39 is 65.5 Å². The number of carbonyl (C=O) groups is 2. The number of alkyl halides is 1. The molecule has 1 aliphatic carbocycles. The SMILES string of the molecule is O=C(O)C1=CC(F)(S(=O)(=O)O)C(C(=O)O)C(S(=O)(=O)O)=C1F.[KH].[KH]. The minimum absolute atomic E-state index is 0. The first kappa shape index (κ1) is 27.6. The first-order valence-electron chi connectivity index (χ1n) is 4.87. The molecule has 0 bridgehead atoms. The normalized spacial score (nSPS) is 24.3. The average molecular weight is 444 g/mol. The van der Waals surface area contributed by atoms with E-state index in [0.717, 1.165) is 0 Å². The third kappa shape index (κ3) is 5.21. The standard InChI is InChI=1S/C8H6F2O10S2.2K.2H/c9-4-2(6(11)12)1-8(10,22(18,19)20)3(7(13)14)5(4)21(15,16)17;;;;/h1,3H,(H,11,12)(H,13,14)(H,15,16,17)(H,18,19,20);;;;. The third-order valence-corrected chi connectivity index (χ3v) is 4.72. The van der Waals surface area contributed by atoms with Crippen LogP contribution in [0.3, 0.4) is 0 Å². The van der Waals surface area contributed by atoms with Crippen molar-refractivity contribution in [3.8, 4) is 0 Å². The third-order valence-electron chi connectivity index (χ3n) is 2.60. The summed E-state index contributed by atoms with van der Waals surface area (Å²) in [7, 11) is -11.9. The van der Waals surface area contributed by atoms with Crippen LogP contribution in [0.2, 0.25) is 0 Å². The van der Waals surface area contributed by atoms with E-state index in [1.165, 1.54) is 0 Å². The van der Waals surface area contributed by atoms with Crippen molar-refractivity contribution < 1.29 is 54.5 Å². The van der Waals surface area contributed by atoms with E-state index in [1.54, 1.807) is 0 Å². The van der Waals surface area contributed by atoms with Crippen molar-refractivity contribution in [1.29, 1.82) is 0 Å². The first-order chi connectivity index (χ1) is 9.64. The van der Waals surface area contributed by atoms with Crippen molar-refractivity contribution in [3.63, 3.8) is 0 Å². The predicted molar refractivity (Wildman–Crippen MR) is 76.2 cm³/mol. The van der Waals surface area contributed by atoms with Crippen LogP contribution in [0.1, 0.15) is 0 Å². The van der Waals surface area contributed by atoms with Gasteiger partial charge in [0.1, 0.15) is 4.91 Å². The van der Waals surface area contributed by atoms with Gasteiger partial charge in [0.2, 0.25) is 0 Å². The fourth-order valence-electron chi connectivity index (χ4n) is 1.70. The van der Waals surface area contributed by atoms with Crippen molar-refractivity contribution in [1.82, 2.24) is 0 Å². The monoisotopic (exact) mass is 444 g/mol. The fourth-order valence-corrected chi connectivity index (χ4v) is 3.47. The van der Waals surface area contributed by atoms with Crippen LogP contribution < -0.4 is 0 Å². The van der Waals surface area contributed by atoms with E-state index in [1.807, 2.05) is 0 Å². The van der Waals surface area contributed by atoms with Gasteiger partial charge in [-0.15, -0.1) is 0 Å². The van der Waals surface area contributed by atoms with Gasteiger partial charge >= 0.3 is 125 Å². The second kappa shape index (κ2) is 9.04. The molecule has 0 saturated heterocycles. The van der Waals surface area contributed by atoms with E-state index in [4.69, 9.17) is 19.3 Å². The summed E-state index contributed by atoms with van der Waals surface area (Å²) in [5.41, 5.74) is -1.90. The molecular weight excluding hydrogens is 436 g/mol. The van der Waals surface area contributed by atoms with Crippen molar-refractivity contribution in [2.75, 3.05) is 0 Å². The molecule has 16 heteroatoms. The van der Waals surface area contributed by atoms with Crippen LogP contribution in [-0.2, 0) is 29.8 Å². The Bertz CT molecular complexity index is 831. The van der Waals surface area contributed by atoms with Gasteiger partial charge in [-0.1, -0.05) is 0 Å². The molecule has 0 fully saturated rings. The van der Waals surface area contributed by atoms with Gasteiger partial charge in [0.15, 0.2) is 11.7 Å². The van der Waals surface area contributed by atoms with Crippen LogP contribution in [0.5, 0.6) is 0 Å². The number of carboxylic acids is 2. The molecule has 0 aromatic carbocycles. The molecule has 0 aliphatic heterocycles. The maximum atomic E-state index is 14.4. The molecule has 0 aromatic rings. The van der Waals surface area contributed by atoms with Crippen LogP contribution in [0.25, 0.3) is 0 Å². The molecule has 0 radical (unpaired) electrons. The summed E-state index contributed by atoms with van der Waals surface area (Å²) < 4.78 is 89.9. The molecule has 0 aromatic heterocycles. The number of hydrogen-bond acceptors (Lipinski definition) is 6. The number of aliphatic carboxylic acids is 2. The van der Waals surface area contributed by atoms with E-state index >= 15 is 0 Å². The molecule has 24 heavy (non-hydrogen) atoms. The second-order valence-corrected chi connectivity index (χ2v) is 6.93. The summed E-state index contributed by atoms with van der Waals surface area (Å²) in [6, 6.07) is 0. The molecule has 0 spiro atoms. The quantitative estimate of drug-likeness (QED) is 0.280. The summed E-state index contributed by atoms with van der Waals surface area (Å²) in [5.74, 6) is -10.8. The zero-order valence-corrected chi connectivity index (χ0v) is 11.6. The molecule has 10 nitrogen and oxygen atoms in total. The Morgan fingerprint density at radius 3 is 1.75 bits per heavy atom. The molecule has 2 unspecified atom stereocenters. The number of hydrogen-bond donors (Lipinski definition) is 4. The van der Waals surface area contributed by atoms with Gasteiger partial charge in [0.25, 0.3) is 15.1 Å². The summed E-state index contributed by atoms with van der Waals surface area (Å²) in [4.78, 5) is 19.3. The average Bonchev–Trinajstić information content (AvgIpc) is 2.27. The zero-order valence-electron chi connectivity index (χ0n) is 9.97. The predicted octanol–water partition coefficient (Wildman–Crippen LogP) is -1.96. The molecular formula is C8H8F2K2O10S2. The maximum absolute atomic E-state index is 14.4. The number of rotatable bonds is 4. The number of halogens is 2. The van der Waals surface area contributed by atoms with Crippen molar-refractivity contribution in [2.45, 2.75) is 5.00 Å². The van der Waals surface area contributed by atoms with Gasteiger partial charge in [0, 0.05) is 0 Å². The second-order valence-electron chi connectivity index (χ2n) is 3.96. The molecule has 128 valence electrons.